The van der Waals surface area contributed by atoms with Crippen LogP contribution < -0.4 is 5.32 Å². The van der Waals surface area contributed by atoms with Gasteiger partial charge in [-0.05, 0) is 45.6 Å². The van der Waals surface area contributed by atoms with Crippen molar-refractivity contribution in [2.45, 2.75) is 72.9 Å². The molecule has 4 nitrogen and oxygen atoms in total. The molecule has 1 aromatic rings. The smallest absolute Gasteiger partial charge is 0.138 e. The van der Waals surface area contributed by atoms with Crippen molar-refractivity contribution in [1.82, 2.24) is 20.1 Å². The van der Waals surface area contributed by atoms with E-state index in [0.29, 0.717) is 11.8 Å². The Labute approximate surface area is 124 Å². The van der Waals surface area contributed by atoms with Crippen LogP contribution in [0.3, 0.4) is 0 Å². The highest BCUT2D eigenvalue weighted by Gasteiger charge is 2.17. The summed E-state index contributed by atoms with van der Waals surface area (Å²) in [6.07, 6.45) is 5.16. The first-order chi connectivity index (χ1) is 9.31. The Bertz CT molecular complexity index is 376. The molecule has 1 unspecified atom stereocenters. The van der Waals surface area contributed by atoms with Crippen molar-refractivity contribution in [2.75, 3.05) is 6.54 Å². The summed E-state index contributed by atoms with van der Waals surface area (Å²) in [7, 11) is 0. The molecule has 0 aliphatic heterocycles. The van der Waals surface area contributed by atoms with Gasteiger partial charge in [0.1, 0.15) is 12.2 Å². The van der Waals surface area contributed by atoms with Crippen LogP contribution in [0.5, 0.6) is 0 Å². The van der Waals surface area contributed by atoms with E-state index >= 15 is 0 Å². The van der Waals surface area contributed by atoms with Gasteiger partial charge in [-0.25, -0.2) is 9.67 Å². The number of hydrogen-bond donors (Lipinski definition) is 1. The standard InChI is InChI=1S/C16H32N4/c1-7-8-14(10-18-16(4,5)6)9-15-17-12-19-20(15)11-13(2)3/h12-14,18H,7-11H2,1-6H3. The SMILES string of the molecule is CCCC(CNC(C)(C)C)Cc1ncnn1CC(C)C. The van der Waals surface area contributed by atoms with Gasteiger partial charge in [-0.3, -0.25) is 0 Å². The van der Waals surface area contributed by atoms with Gasteiger partial charge in [0.25, 0.3) is 0 Å². The van der Waals surface area contributed by atoms with Crippen molar-refractivity contribution in [3.63, 3.8) is 0 Å². The lowest BCUT2D eigenvalue weighted by Crippen LogP contribution is -2.39. The molecule has 0 spiro atoms. The molecule has 0 aliphatic rings. The monoisotopic (exact) mass is 280 g/mol. The van der Waals surface area contributed by atoms with E-state index < -0.39 is 0 Å². The summed E-state index contributed by atoms with van der Waals surface area (Å²) >= 11 is 0. The molecule has 1 atom stereocenters. The number of hydrogen-bond acceptors (Lipinski definition) is 3. The first-order valence-electron chi connectivity index (χ1n) is 7.93. The number of aromatic nitrogens is 3. The van der Waals surface area contributed by atoms with Crippen LogP contribution >= 0.6 is 0 Å². The summed E-state index contributed by atoms with van der Waals surface area (Å²) in [6, 6.07) is 0. The van der Waals surface area contributed by atoms with Gasteiger partial charge in [-0.15, -0.1) is 0 Å². The maximum Gasteiger partial charge on any atom is 0.138 e. The maximum atomic E-state index is 4.46. The van der Waals surface area contributed by atoms with Crippen molar-refractivity contribution in [2.24, 2.45) is 11.8 Å². The molecule has 0 bridgehead atoms. The Hall–Kier alpha value is -0.900. The number of nitrogens with one attached hydrogen (secondary N) is 1. The van der Waals surface area contributed by atoms with Gasteiger partial charge in [0.15, 0.2) is 0 Å². The molecule has 0 aliphatic carbocycles. The quantitative estimate of drug-likeness (QED) is 0.794. The predicted molar refractivity (Wildman–Crippen MR) is 84.7 cm³/mol. The predicted octanol–water partition coefficient (Wildman–Crippen LogP) is 3.28. The second-order valence-electron chi connectivity index (χ2n) is 7.24. The fraction of sp³-hybridized carbons (Fsp3) is 0.875. The first-order valence-corrected chi connectivity index (χ1v) is 7.93. The topological polar surface area (TPSA) is 42.7 Å². The highest BCUT2D eigenvalue weighted by Crippen LogP contribution is 2.14. The molecule has 1 aromatic heterocycles. The van der Waals surface area contributed by atoms with Crippen LogP contribution in [0.15, 0.2) is 6.33 Å². The molecule has 0 saturated carbocycles. The lowest BCUT2D eigenvalue weighted by molar-refractivity contribution is 0.345. The van der Waals surface area contributed by atoms with E-state index in [1.165, 1.54) is 12.8 Å². The average molecular weight is 280 g/mol. The normalized spacial score (nSPS) is 13.9. The first kappa shape index (κ1) is 17.2. The van der Waals surface area contributed by atoms with Crippen molar-refractivity contribution >= 4 is 0 Å². The van der Waals surface area contributed by atoms with E-state index in [4.69, 9.17) is 0 Å². The van der Waals surface area contributed by atoms with E-state index in [-0.39, 0.29) is 5.54 Å². The van der Waals surface area contributed by atoms with Crippen LogP contribution in [-0.4, -0.2) is 26.8 Å². The molecule has 1 N–H and O–H groups in total. The molecule has 116 valence electrons. The Morgan fingerprint density at radius 3 is 2.55 bits per heavy atom. The van der Waals surface area contributed by atoms with E-state index in [9.17, 15) is 0 Å². The highest BCUT2D eigenvalue weighted by molar-refractivity contribution is 4.89. The van der Waals surface area contributed by atoms with Gasteiger partial charge in [0.05, 0.1) is 0 Å². The molecule has 0 aromatic carbocycles. The largest absolute Gasteiger partial charge is 0.312 e. The Morgan fingerprint density at radius 2 is 2.00 bits per heavy atom. The fourth-order valence-electron chi connectivity index (χ4n) is 2.34. The molecule has 1 heterocycles. The third-order valence-electron chi connectivity index (χ3n) is 3.32. The van der Waals surface area contributed by atoms with Gasteiger partial charge < -0.3 is 5.32 Å². The van der Waals surface area contributed by atoms with Crippen molar-refractivity contribution in [3.8, 4) is 0 Å². The second-order valence-corrected chi connectivity index (χ2v) is 7.24. The van der Waals surface area contributed by atoms with Crippen molar-refractivity contribution in [3.05, 3.63) is 12.2 Å². The van der Waals surface area contributed by atoms with Crippen LogP contribution in [0.25, 0.3) is 0 Å². The fourth-order valence-corrected chi connectivity index (χ4v) is 2.34. The minimum atomic E-state index is 0.178. The summed E-state index contributed by atoms with van der Waals surface area (Å²) in [5.74, 6) is 2.37. The third kappa shape index (κ3) is 6.51. The van der Waals surface area contributed by atoms with Crippen molar-refractivity contribution in [1.29, 1.82) is 0 Å². The zero-order chi connectivity index (χ0) is 15.2. The van der Waals surface area contributed by atoms with Gasteiger partial charge >= 0.3 is 0 Å². The summed E-state index contributed by atoms with van der Waals surface area (Å²) in [4.78, 5) is 4.46. The lowest BCUT2D eigenvalue weighted by Gasteiger charge is -2.25. The number of nitrogens with zero attached hydrogens (tertiary/aromatic N) is 3. The zero-order valence-corrected chi connectivity index (χ0v) is 14.1. The molecule has 0 fully saturated rings. The molecule has 4 heteroatoms. The van der Waals surface area contributed by atoms with E-state index in [0.717, 1.165) is 25.3 Å². The molecular weight excluding hydrogens is 248 g/mol. The molecule has 0 saturated heterocycles. The van der Waals surface area contributed by atoms with E-state index in [1.807, 2.05) is 0 Å². The molecule has 1 rings (SSSR count). The van der Waals surface area contributed by atoms with Gasteiger partial charge in [-0.2, -0.15) is 5.10 Å². The van der Waals surface area contributed by atoms with Crippen LogP contribution in [0.2, 0.25) is 0 Å². The van der Waals surface area contributed by atoms with Gasteiger partial charge in [0.2, 0.25) is 0 Å². The highest BCUT2D eigenvalue weighted by atomic mass is 15.3. The summed E-state index contributed by atoms with van der Waals surface area (Å²) in [5.41, 5.74) is 0.178. The van der Waals surface area contributed by atoms with E-state index in [2.05, 4.69) is 61.6 Å². The molecule has 20 heavy (non-hydrogen) atoms. The maximum absolute atomic E-state index is 4.46. The van der Waals surface area contributed by atoms with Crippen LogP contribution in [-0.2, 0) is 13.0 Å². The Morgan fingerprint density at radius 1 is 1.30 bits per heavy atom. The Balaban J connectivity index is 2.63. The summed E-state index contributed by atoms with van der Waals surface area (Å²) < 4.78 is 2.07. The zero-order valence-electron chi connectivity index (χ0n) is 14.1. The van der Waals surface area contributed by atoms with E-state index in [1.54, 1.807) is 6.33 Å². The molecule has 0 radical (unpaired) electrons. The van der Waals surface area contributed by atoms with Crippen molar-refractivity contribution < 1.29 is 0 Å². The minimum absolute atomic E-state index is 0.178. The molecular formula is C16H32N4. The van der Waals surface area contributed by atoms with Crippen LogP contribution in [0.4, 0.5) is 0 Å². The minimum Gasteiger partial charge on any atom is -0.312 e. The van der Waals surface area contributed by atoms with Gasteiger partial charge in [0, 0.05) is 18.5 Å². The van der Waals surface area contributed by atoms with Gasteiger partial charge in [-0.1, -0.05) is 27.2 Å². The van der Waals surface area contributed by atoms with Crippen LogP contribution in [0, 0.1) is 11.8 Å². The second kappa shape index (κ2) is 7.77. The third-order valence-corrected chi connectivity index (χ3v) is 3.32. The number of rotatable bonds is 8. The Kier molecular flexibility index (Phi) is 6.66. The summed E-state index contributed by atoms with van der Waals surface area (Å²) in [5, 5.41) is 7.99. The average Bonchev–Trinajstić information content (AvgIpc) is 2.72. The molecule has 0 amide bonds. The lowest BCUT2D eigenvalue weighted by atomic mass is 9.97. The van der Waals surface area contributed by atoms with Crippen LogP contribution in [0.1, 0.15) is 60.2 Å². The summed E-state index contributed by atoms with van der Waals surface area (Å²) in [6.45, 7) is 15.4.